The van der Waals surface area contributed by atoms with Gasteiger partial charge in [-0.05, 0) is 31.5 Å². The van der Waals surface area contributed by atoms with Gasteiger partial charge in [-0.2, -0.15) is 0 Å². The average molecular weight is 155 g/mol. The summed E-state index contributed by atoms with van der Waals surface area (Å²) >= 11 is 0. The summed E-state index contributed by atoms with van der Waals surface area (Å²) in [4.78, 5) is 2.20. The highest BCUT2D eigenvalue weighted by Gasteiger charge is 2.12. The molecule has 0 aromatic carbocycles. The molecule has 0 spiro atoms. The number of likely N-dealkylation sites (tertiary alicyclic amines) is 1. The van der Waals surface area contributed by atoms with Crippen LogP contribution in [0.5, 0.6) is 0 Å². The topological polar surface area (TPSA) is 3.24 Å². The predicted octanol–water partition coefficient (Wildman–Crippen LogP) is 2.12. The third kappa shape index (κ3) is 2.46. The SMILES string of the molecule is C=C(F)C(=C)CN1CCCC1. The molecule has 0 unspecified atom stereocenters. The Kier molecular flexibility index (Phi) is 2.83. The van der Waals surface area contributed by atoms with Crippen LogP contribution in [0.25, 0.3) is 0 Å². The molecular formula is C9H14FN. The van der Waals surface area contributed by atoms with Crippen molar-refractivity contribution in [3.05, 3.63) is 24.6 Å². The zero-order valence-electron chi connectivity index (χ0n) is 6.77. The van der Waals surface area contributed by atoms with Crippen molar-refractivity contribution in [3.63, 3.8) is 0 Å². The van der Waals surface area contributed by atoms with E-state index in [4.69, 9.17) is 0 Å². The van der Waals surface area contributed by atoms with E-state index < -0.39 is 0 Å². The van der Waals surface area contributed by atoms with Crippen molar-refractivity contribution in [1.82, 2.24) is 4.90 Å². The molecule has 0 amide bonds. The highest BCUT2D eigenvalue weighted by atomic mass is 19.1. The molecule has 0 aromatic heterocycles. The minimum Gasteiger partial charge on any atom is -0.299 e. The number of hydrogen-bond acceptors (Lipinski definition) is 1. The number of nitrogens with zero attached hydrogens (tertiary/aromatic N) is 1. The van der Waals surface area contributed by atoms with E-state index in [1.165, 1.54) is 12.8 Å². The fourth-order valence-electron chi connectivity index (χ4n) is 1.30. The third-order valence-corrected chi connectivity index (χ3v) is 2.00. The summed E-state index contributed by atoms with van der Waals surface area (Å²) in [7, 11) is 0. The van der Waals surface area contributed by atoms with E-state index in [1.54, 1.807) is 0 Å². The molecule has 1 nitrogen and oxygen atoms in total. The first-order valence-electron chi connectivity index (χ1n) is 3.95. The van der Waals surface area contributed by atoms with Crippen LogP contribution in [0.1, 0.15) is 12.8 Å². The molecule has 62 valence electrons. The lowest BCUT2D eigenvalue weighted by Crippen LogP contribution is -2.21. The van der Waals surface area contributed by atoms with Crippen molar-refractivity contribution in [2.24, 2.45) is 0 Å². The van der Waals surface area contributed by atoms with Crippen LogP contribution >= 0.6 is 0 Å². The highest BCUT2D eigenvalue weighted by Crippen LogP contribution is 2.13. The maximum absolute atomic E-state index is 12.4. The summed E-state index contributed by atoms with van der Waals surface area (Å²) in [6, 6.07) is 0. The van der Waals surface area contributed by atoms with Gasteiger partial charge in [0.2, 0.25) is 0 Å². The van der Waals surface area contributed by atoms with Crippen molar-refractivity contribution in [3.8, 4) is 0 Å². The Hall–Kier alpha value is -0.630. The van der Waals surface area contributed by atoms with Gasteiger partial charge >= 0.3 is 0 Å². The molecule has 0 bridgehead atoms. The zero-order chi connectivity index (χ0) is 8.27. The van der Waals surface area contributed by atoms with Gasteiger partial charge in [-0.25, -0.2) is 4.39 Å². The highest BCUT2D eigenvalue weighted by molar-refractivity contribution is 5.20. The molecule has 0 radical (unpaired) electrons. The molecule has 11 heavy (non-hydrogen) atoms. The van der Waals surface area contributed by atoms with E-state index in [0.717, 1.165) is 13.1 Å². The summed E-state index contributed by atoms with van der Waals surface area (Å²) in [5, 5.41) is 0. The summed E-state index contributed by atoms with van der Waals surface area (Å²) < 4.78 is 12.4. The van der Waals surface area contributed by atoms with E-state index in [1.807, 2.05) is 0 Å². The summed E-state index contributed by atoms with van der Waals surface area (Å²) in [5.41, 5.74) is 0.520. The molecule has 0 atom stereocenters. The van der Waals surface area contributed by atoms with Gasteiger partial charge in [-0.15, -0.1) is 0 Å². The van der Waals surface area contributed by atoms with Gasteiger partial charge in [0.15, 0.2) is 0 Å². The monoisotopic (exact) mass is 155 g/mol. The van der Waals surface area contributed by atoms with Crippen molar-refractivity contribution in [1.29, 1.82) is 0 Å². The molecule has 1 saturated heterocycles. The standard InChI is InChI=1S/C9H14FN/c1-8(9(2)10)7-11-5-3-4-6-11/h1-7H2. The van der Waals surface area contributed by atoms with Gasteiger partial charge in [0.1, 0.15) is 5.83 Å². The Morgan fingerprint density at radius 2 is 1.82 bits per heavy atom. The van der Waals surface area contributed by atoms with Gasteiger partial charge < -0.3 is 0 Å². The van der Waals surface area contributed by atoms with Crippen LogP contribution < -0.4 is 0 Å². The van der Waals surface area contributed by atoms with Crippen molar-refractivity contribution < 1.29 is 4.39 Å². The first-order valence-corrected chi connectivity index (χ1v) is 3.95. The minimum absolute atomic E-state index is 0.378. The van der Waals surface area contributed by atoms with E-state index in [0.29, 0.717) is 12.1 Å². The van der Waals surface area contributed by atoms with Gasteiger partial charge in [-0.1, -0.05) is 13.2 Å². The van der Waals surface area contributed by atoms with Crippen LogP contribution in [0.4, 0.5) is 4.39 Å². The maximum Gasteiger partial charge on any atom is 0.119 e. The summed E-state index contributed by atoms with van der Waals surface area (Å²) in [6.07, 6.45) is 2.46. The average Bonchev–Trinajstić information content (AvgIpc) is 2.39. The Bertz CT molecular complexity index is 168. The molecule has 0 N–H and O–H groups in total. The van der Waals surface area contributed by atoms with E-state index >= 15 is 0 Å². The Labute approximate surface area is 67.2 Å². The van der Waals surface area contributed by atoms with Crippen LogP contribution in [0.15, 0.2) is 24.6 Å². The normalized spacial score (nSPS) is 18.6. The fourth-order valence-corrected chi connectivity index (χ4v) is 1.30. The van der Waals surface area contributed by atoms with Crippen LogP contribution in [0.3, 0.4) is 0 Å². The first-order chi connectivity index (χ1) is 5.20. The predicted molar refractivity (Wildman–Crippen MR) is 45.1 cm³/mol. The van der Waals surface area contributed by atoms with E-state index in [-0.39, 0.29) is 5.83 Å². The summed E-state index contributed by atoms with van der Waals surface area (Å²) in [5.74, 6) is -0.378. The number of rotatable bonds is 3. The molecule has 1 fully saturated rings. The van der Waals surface area contributed by atoms with Gasteiger partial charge in [0.05, 0.1) is 0 Å². The lowest BCUT2D eigenvalue weighted by molar-refractivity contribution is 0.366. The second kappa shape index (κ2) is 3.67. The Balaban J connectivity index is 2.29. The van der Waals surface area contributed by atoms with Gasteiger partial charge in [0, 0.05) is 6.54 Å². The van der Waals surface area contributed by atoms with Crippen molar-refractivity contribution in [2.45, 2.75) is 12.8 Å². The second-order valence-corrected chi connectivity index (χ2v) is 2.99. The molecule has 1 heterocycles. The smallest absolute Gasteiger partial charge is 0.119 e. The maximum atomic E-state index is 12.4. The molecule has 1 rings (SSSR count). The lowest BCUT2D eigenvalue weighted by Gasteiger charge is -2.14. The van der Waals surface area contributed by atoms with Crippen LogP contribution in [0.2, 0.25) is 0 Å². The summed E-state index contributed by atoms with van der Waals surface area (Å²) in [6.45, 7) is 9.61. The molecule has 0 aromatic rings. The number of hydrogen-bond donors (Lipinski definition) is 0. The largest absolute Gasteiger partial charge is 0.299 e. The third-order valence-electron chi connectivity index (χ3n) is 2.00. The molecule has 0 saturated carbocycles. The van der Waals surface area contributed by atoms with Crippen LogP contribution in [-0.4, -0.2) is 24.5 Å². The van der Waals surface area contributed by atoms with E-state index in [2.05, 4.69) is 18.1 Å². The minimum atomic E-state index is -0.378. The van der Waals surface area contributed by atoms with Gasteiger partial charge in [-0.3, -0.25) is 4.90 Å². The molecule has 2 heteroatoms. The zero-order valence-corrected chi connectivity index (χ0v) is 6.77. The first kappa shape index (κ1) is 8.47. The van der Waals surface area contributed by atoms with Crippen molar-refractivity contribution in [2.75, 3.05) is 19.6 Å². The molecular weight excluding hydrogens is 141 g/mol. The lowest BCUT2D eigenvalue weighted by atomic mass is 10.2. The second-order valence-electron chi connectivity index (χ2n) is 2.99. The fraction of sp³-hybridized carbons (Fsp3) is 0.556. The molecule has 1 aliphatic rings. The number of halogens is 1. The Morgan fingerprint density at radius 1 is 1.27 bits per heavy atom. The van der Waals surface area contributed by atoms with E-state index in [9.17, 15) is 4.39 Å². The Morgan fingerprint density at radius 3 is 2.27 bits per heavy atom. The quantitative estimate of drug-likeness (QED) is 0.564. The van der Waals surface area contributed by atoms with Crippen LogP contribution in [0, 0.1) is 0 Å². The molecule has 0 aliphatic carbocycles. The van der Waals surface area contributed by atoms with Gasteiger partial charge in [0.25, 0.3) is 0 Å². The van der Waals surface area contributed by atoms with Crippen LogP contribution in [-0.2, 0) is 0 Å². The van der Waals surface area contributed by atoms with Crippen molar-refractivity contribution >= 4 is 0 Å². The molecule has 1 aliphatic heterocycles.